The van der Waals surface area contributed by atoms with Crippen molar-refractivity contribution in [3.8, 4) is 0 Å². The van der Waals surface area contributed by atoms with Crippen LogP contribution in [0.5, 0.6) is 0 Å². The molecule has 0 saturated heterocycles. The van der Waals surface area contributed by atoms with E-state index in [9.17, 15) is 0 Å². The van der Waals surface area contributed by atoms with E-state index in [-0.39, 0.29) is 6.10 Å². The third kappa shape index (κ3) is 1.11. The van der Waals surface area contributed by atoms with Crippen molar-refractivity contribution in [2.75, 3.05) is 0 Å². The van der Waals surface area contributed by atoms with Gasteiger partial charge in [0.15, 0.2) is 0 Å². The fraction of sp³-hybridized carbons (Fsp3) is 0.273. The van der Waals surface area contributed by atoms with E-state index < -0.39 is 0 Å². The van der Waals surface area contributed by atoms with E-state index in [4.69, 9.17) is 4.74 Å². The fourth-order valence-electron chi connectivity index (χ4n) is 1.66. The van der Waals surface area contributed by atoms with Crippen LogP contribution in [0.1, 0.15) is 24.2 Å². The van der Waals surface area contributed by atoms with Crippen molar-refractivity contribution in [2.45, 2.75) is 19.4 Å². The molecule has 1 nitrogen and oxygen atoms in total. The SMILES string of the molecule is C=C1Cc2ccccc2[C@H](C)O1. The summed E-state index contributed by atoms with van der Waals surface area (Å²) in [5, 5.41) is 0. The molecule has 1 atom stereocenters. The van der Waals surface area contributed by atoms with Gasteiger partial charge >= 0.3 is 0 Å². The van der Waals surface area contributed by atoms with Gasteiger partial charge in [0.05, 0.1) is 5.76 Å². The van der Waals surface area contributed by atoms with E-state index in [1.807, 2.05) is 6.07 Å². The Morgan fingerprint density at radius 3 is 3.00 bits per heavy atom. The van der Waals surface area contributed by atoms with E-state index in [0.29, 0.717) is 0 Å². The average Bonchev–Trinajstić information content (AvgIpc) is 2.04. The molecule has 0 aromatic heterocycles. The first kappa shape index (κ1) is 7.41. The smallest absolute Gasteiger partial charge is 0.121 e. The van der Waals surface area contributed by atoms with Crippen LogP contribution in [0, 0.1) is 0 Å². The van der Waals surface area contributed by atoms with E-state index in [2.05, 4.69) is 31.7 Å². The monoisotopic (exact) mass is 160 g/mol. The second kappa shape index (κ2) is 2.67. The molecule has 1 aromatic carbocycles. The zero-order valence-electron chi connectivity index (χ0n) is 7.21. The second-order valence-corrected chi connectivity index (χ2v) is 3.17. The maximum absolute atomic E-state index is 5.52. The van der Waals surface area contributed by atoms with Gasteiger partial charge in [-0.1, -0.05) is 30.8 Å². The van der Waals surface area contributed by atoms with Crippen molar-refractivity contribution >= 4 is 0 Å². The molecule has 1 aromatic rings. The summed E-state index contributed by atoms with van der Waals surface area (Å²) in [5.41, 5.74) is 2.64. The first-order valence-corrected chi connectivity index (χ1v) is 4.19. The van der Waals surface area contributed by atoms with E-state index in [0.717, 1.165) is 12.2 Å². The molecule has 0 bridgehead atoms. The maximum Gasteiger partial charge on any atom is 0.121 e. The molecule has 0 spiro atoms. The van der Waals surface area contributed by atoms with Crippen molar-refractivity contribution < 1.29 is 4.74 Å². The Labute approximate surface area is 72.7 Å². The molecule has 0 amide bonds. The Morgan fingerprint density at radius 2 is 2.17 bits per heavy atom. The summed E-state index contributed by atoms with van der Waals surface area (Å²) in [4.78, 5) is 0. The van der Waals surface area contributed by atoms with Crippen LogP contribution in [0.4, 0.5) is 0 Å². The van der Waals surface area contributed by atoms with Crippen LogP contribution in [0.15, 0.2) is 36.6 Å². The van der Waals surface area contributed by atoms with Gasteiger partial charge in [0.2, 0.25) is 0 Å². The minimum absolute atomic E-state index is 0.169. The van der Waals surface area contributed by atoms with Crippen LogP contribution < -0.4 is 0 Å². The van der Waals surface area contributed by atoms with Gasteiger partial charge in [-0.15, -0.1) is 0 Å². The molecule has 1 heteroatoms. The summed E-state index contributed by atoms with van der Waals surface area (Å²) in [6.07, 6.45) is 1.03. The van der Waals surface area contributed by atoms with Gasteiger partial charge in [-0.05, 0) is 18.1 Å². The Hall–Kier alpha value is -1.24. The molecule has 0 aliphatic carbocycles. The molecular formula is C11H12O. The number of benzene rings is 1. The van der Waals surface area contributed by atoms with Crippen LogP contribution in [-0.4, -0.2) is 0 Å². The lowest BCUT2D eigenvalue weighted by Gasteiger charge is -2.25. The van der Waals surface area contributed by atoms with E-state index in [1.54, 1.807) is 0 Å². The molecule has 2 rings (SSSR count). The van der Waals surface area contributed by atoms with Crippen LogP contribution >= 0.6 is 0 Å². The lowest BCUT2D eigenvalue weighted by molar-refractivity contribution is 0.118. The molecular weight excluding hydrogens is 148 g/mol. The van der Waals surface area contributed by atoms with Gasteiger partial charge in [0.25, 0.3) is 0 Å². The van der Waals surface area contributed by atoms with Gasteiger partial charge in [0, 0.05) is 6.42 Å². The normalized spacial score (nSPS) is 21.4. The zero-order valence-corrected chi connectivity index (χ0v) is 7.21. The molecule has 1 heterocycles. The highest BCUT2D eigenvalue weighted by atomic mass is 16.5. The van der Waals surface area contributed by atoms with Crippen LogP contribution in [0.25, 0.3) is 0 Å². The van der Waals surface area contributed by atoms with Crippen molar-refractivity contribution in [1.82, 2.24) is 0 Å². The average molecular weight is 160 g/mol. The summed E-state index contributed by atoms with van der Waals surface area (Å²) < 4.78 is 5.52. The maximum atomic E-state index is 5.52. The van der Waals surface area contributed by atoms with Gasteiger partial charge in [-0.25, -0.2) is 0 Å². The summed E-state index contributed by atoms with van der Waals surface area (Å²) in [5.74, 6) is 0.876. The van der Waals surface area contributed by atoms with Gasteiger partial charge < -0.3 is 4.74 Å². The Morgan fingerprint density at radius 1 is 1.42 bits per heavy atom. The van der Waals surface area contributed by atoms with Crippen molar-refractivity contribution in [3.05, 3.63) is 47.7 Å². The lowest BCUT2D eigenvalue weighted by Crippen LogP contribution is -2.11. The molecule has 1 aliphatic rings. The third-order valence-electron chi connectivity index (χ3n) is 2.22. The first-order valence-electron chi connectivity index (χ1n) is 4.19. The highest BCUT2D eigenvalue weighted by molar-refractivity contribution is 5.33. The Kier molecular flexibility index (Phi) is 1.65. The number of allylic oxidation sites excluding steroid dienone is 1. The van der Waals surface area contributed by atoms with Crippen LogP contribution in [0.2, 0.25) is 0 Å². The van der Waals surface area contributed by atoms with Gasteiger partial charge in [-0.3, -0.25) is 0 Å². The van der Waals surface area contributed by atoms with Crippen molar-refractivity contribution in [3.63, 3.8) is 0 Å². The molecule has 62 valence electrons. The summed E-state index contributed by atoms with van der Waals surface area (Å²) in [6, 6.07) is 8.36. The molecule has 0 unspecified atom stereocenters. The second-order valence-electron chi connectivity index (χ2n) is 3.17. The fourth-order valence-corrected chi connectivity index (χ4v) is 1.66. The predicted octanol–water partition coefficient (Wildman–Crippen LogP) is 2.83. The summed E-state index contributed by atoms with van der Waals surface area (Å²) in [7, 11) is 0. The number of fused-ring (bicyclic) bond motifs is 1. The van der Waals surface area contributed by atoms with E-state index >= 15 is 0 Å². The number of hydrogen-bond acceptors (Lipinski definition) is 1. The number of ether oxygens (including phenoxy) is 1. The highest BCUT2D eigenvalue weighted by Crippen LogP contribution is 2.30. The third-order valence-corrected chi connectivity index (χ3v) is 2.22. The topological polar surface area (TPSA) is 9.23 Å². The van der Waals surface area contributed by atoms with Gasteiger partial charge in [-0.2, -0.15) is 0 Å². The summed E-state index contributed by atoms with van der Waals surface area (Å²) in [6.45, 7) is 5.90. The number of rotatable bonds is 0. The Bertz CT molecular complexity index is 315. The molecule has 12 heavy (non-hydrogen) atoms. The molecule has 0 fully saturated rings. The quantitative estimate of drug-likeness (QED) is 0.567. The lowest BCUT2D eigenvalue weighted by atomic mass is 9.97. The Balaban J connectivity index is 2.47. The van der Waals surface area contributed by atoms with E-state index in [1.165, 1.54) is 11.1 Å². The van der Waals surface area contributed by atoms with Crippen molar-refractivity contribution in [2.24, 2.45) is 0 Å². The minimum atomic E-state index is 0.169. The first-order chi connectivity index (χ1) is 5.77. The molecule has 1 aliphatic heterocycles. The zero-order chi connectivity index (χ0) is 8.55. The van der Waals surface area contributed by atoms with Crippen LogP contribution in [0.3, 0.4) is 0 Å². The van der Waals surface area contributed by atoms with Crippen molar-refractivity contribution in [1.29, 1.82) is 0 Å². The predicted molar refractivity (Wildman–Crippen MR) is 48.8 cm³/mol. The molecule has 0 radical (unpaired) electrons. The highest BCUT2D eigenvalue weighted by Gasteiger charge is 2.18. The standard InChI is InChI=1S/C11H12O/c1-8-7-10-5-3-4-6-11(10)9(2)12-8/h3-6,9H,1,7H2,2H3/t9-/m0/s1. The molecule has 0 N–H and O–H groups in total. The van der Waals surface area contributed by atoms with Crippen LogP contribution in [-0.2, 0) is 11.2 Å². The number of hydrogen-bond donors (Lipinski definition) is 0. The van der Waals surface area contributed by atoms with Gasteiger partial charge in [0.1, 0.15) is 6.10 Å². The summed E-state index contributed by atoms with van der Waals surface area (Å²) >= 11 is 0. The molecule has 0 saturated carbocycles. The minimum Gasteiger partial charge on any atom is -0.491 e. The largest absolute Gasteiger partial charge is 0.491 e.